The van der Waals surface area contributed by atoms with Gasteiger partial charge in [-0.15, -0.1) is 0 Å². The summed E-state index contributed by atoms with van der Waals surface area (Å²) in [6, 6.07) is 0. The zero-order valence-electron chi connectivity index (χ0n) is 9.58. The van der Waals surface area contributed by atoms with E-state index in [1.54, 1.807) is 0 Å². The SMILES string of the molecule is CCCCCP(=O)(O)O.[H-].[H-].[Na+].[Na+]. The number of hydrogen-bond donors (Lipinski definition) is 2. The smallest absolute Gasteiger partial charge is 1.00 e. The monoisotopic (exact) mass is 200 g/mol. The summed E-state index contributed by atoms with van der Waals surface area (Å²) in [5, 5.41) is 0. The second-order valence-corrected chi connectivity index (χ2v) is 3.87. The van der Waals surface area contributed by atoms with Crippen LogP contribution in [0.3, 0.4) is 0 Å². The molecule has 0 unspecified atom stereocenters. The number of unbranched alkanes of at least 4 members (excludes halogenated alkanes) is 2. The van der Waals surface area contributed by atoms with Crippen molar-refractivity contribution >= 4 is 7.60 Å². The van der Waals surface area contributed by atoms with Gasteiger partial charge in [-0.1, -0.05) is 19.8 Å². The Kier molecular flexibility index (Phi) is 17.5. The van der Waals surface area contributed by atoms with Gasteiger partial charge in [-0.3, -0.25) is 4.57 Å². The van der Waals surface area contributed by atoms with Gasteiger partial charge in [0.15, 0.2) is 0 Å². The molecule has 0 heterocycles. The Bertz CT molecular complexity index is 122. The zero-order chi connectivity index (χ0) is 7.33. The van der Waals surface area contributed by atoms with Gasteiger partial charge in [-0.2, -0.15) is 0 Å². The molecule has 0 aliphatic carbocycles. The van der Waals surface area contributed by atoms with Gasteiger partial charge in [0.05, 0.1) is 0 Å². The molecular formula is C5H15Na2O3P. The minimum Gasteiger partial charge on any atom is -1.00 e. The first-order valence-electron chi connectivity index (χ1n) is 3.11. The molecule has 3 nitrogen and oxygen atoms in total. The maximum atomic E-state index is 10.2. The topological polar surface area (TPSA) is 57.5 Å². The van der Waals surface area contributed by atoms with Crippen LogP contribution in [0.5, 0.6) is 0 Å². The summed E-state index contributed by atoms with van der Waals surface area (Å²) in [6.45, 7) is 2.00. The molecule has 2 N–H and O–H groups in total. The normalized spacial score (nSPS) is 9.73. The van der Waals surface area contributed by atoms with Crippen LogP contribution in [0.2, 0.25) is 0 Å². The van der Waals surface area contributed by atoms with Gasteiger partial charge in [-0.05, 0) is 6.42 Å². The van der Waals surface area contributed by atoms with E-state index in [2.05, 4.69) is 0 Å². The predicted octanol–water partition coefficient (Wildman–Crippen LogP) is -4.41. The maximum absolute atomic E-state index is 10.2. The Morgan fingerprint density at radius 1 is 1.27 bits per heavy atom. The first-order valence-corrected chi connectivity index (χ1v) is 4.90. The van der Waals surface area contributed by atoms with Crippen molar-refractivity contribution in [1.82, 2.24) is 0 Å². The van der Waals surface area contributed by atoms with Crippen LogP contribution in [-0.2, 0) is 4.57 Å². The van der Waals surface area contributed by atoms with E-state index >= 15 is 0 Å². The van der Waals surface area contributed by atoms with Crippen molar-refractivity contribution in [2.45, 2.75) is 26.2 Å². The van der Waals surface area contributed by atoms with E-state index in [4.69, 9.17) is 9.79 Å². The van der Waals surface area contributed by atoms with E-state index in [0.717, 1.165) is 12.8 Å². The molecule has 0 fully saturated rings. The molecule has 0 radical (unpaired) electrons. The Balaban J connectivity index is -0.0000000533. The molecule has 0 atom stereocenters. The number of rotatable bonds is 4. The van der Waals surface area contributed by atoms with E-state index in [9.17, 15) is 4.57 Å². The third kappa shape index (κ3) is 18.8. The van der Waals surface area contributed by atoms with Gasteiger partial charge in [0, 0.05) is 6.16 Å². The summed E-state index contributed by atoms with van der Waals surface area (Å²) in [7, 11) is -3.70. The molecule has 0 rings (SSSR count). The largest absolute Gasteiger partial charge is 1.00 e. The van der Waals surface area contributed by atoms with Gasteiger partial charge < -0.3 is 12.6 Å². The van der Waals surface area contributed by atoms with Crippen molar-refractivity contribution in [3.8, 4) is 0 Å². The van der Waals surface area contributed by atoms with E-state index in [1.807, 2.05) is 6.92 Å². The van der Waals surface area contributed by atoms with Crippen LogP contribution in [0.15, 0.2) is 0 Å². The quantitative estimate of drug-likeness (QED) is 0.273. The van der Waals surface area contributed by atoms with Crippen LogP contribution >= 0.6 is 7.60 Å². The van der Waals surface area contributed by atoms with Gasteiger partial charge in [0.25, 0.3) is 0 Å². The second-order valence-electron chi connectivity index (χ2n) is 2.10. The standard InChI is InChI=1S/C5H13O3P.2Na.2H/c1-2-3-4-5-9(6,7)8;;;;/h2-5H2,1H3,(H2,6,7,8);;;;/q;2*+1;2*-1. The van der Waals surface area contributed by atoms with Crippen LogP contribution in [0, 0.1) is 0 Å². The Labute approximate surface area is 115 Å². The molecule has 0 spiro atoms. The van der Waals surface area contributed by atoms with Crippen molar-refractivity contribution < 1.29 is 76.3 Å². The summed E-state index contributed by atoms with van der Waals surface area (Å²) in [5.41, 5.74) is 0. The zero-order valence-corrected chi connectivity index (χ0v) is 12.5. The predicted molar refractivity (Wildman–Crippen MR) is 38.7 cm³/mol. The summed E-state index contributed by atoms with van der Waals surface area (Å²) in [5.74, 6) is 0. The first kappa shape index (κ1) is 18.8. The molecule has 60 valence electrons. The van der Waals surface area contributed by atoms with Crippen molar-refractivity contribution in [3.63, 3.8) is 0 Å². The summed E-state index contributed by atoms with van der Waals surface area (Å²) in [6.07, 6.45) is 2.59. The average molecular weight is 200 g/mol. The van der Waals surface area contributed by atoms with E-state index in [1.165, 1.54) is 0 Å². The fraction of sp³-hybridized carbons (Fsp3) is 1.00. The molecule has 0 bridgehead atoms. The van der Waals surface area contributed by atoms with Crippen molar-refractivity contribution in [2.24, 2.45) is 0 Å². The Hall–Kier alpha value is 2.15. The van der Waals surface area contributed by atoms with E-state index in [-0.39, 0.29) is 68.1 Å². The van der Waals surface area contributed by atoms with Gasteiger partial charge >= 0.3 is 66.7 Å². The molecule has 0 amide bonds. The summed E-state index contributed by atoms with van der Waals surface area (Å²) >= 11 is 0. The Morgan fingerprint density at radius 2 is 1.73 bits per heavy atom. The summed E-state index contributed by atoms with van der Waals surface area (Å²) in [4.78, 5) is 16.7. The van der Waals surface area contributed by atoms with Gasteiger partial charge in [0.1, 0.15) is 0 Å². The van der Waals surface area contributed by atoms with Crippen LogP contribution in [0.4, 0.5) is 0 Å². The van der Waals surface area contributed by atoms with Gasteiger partial charge in [-0.25, -0.2) is 0 Å². The molecule has 0 aromatic carbocycles. The molecular weight excluding hydrogens is 185 g/mol. The minimum atomic E-state index is -3.70. The van der Waals surface area contributed by atoms with Crippen LogP contribution in [0.1, 0.15) is 29.0 Å². The summed E-state index contributed by atoms with van der Waals surface area (Å²) < 4.78 is 10.2. The fourth-order valence-electron chi connectivity index (χ4n) is 0.568. The van der Waals surface area contributed by atoms with Crippen LogP contribution in [0.25, 0.3) is 0 Å². The molecule has 6 heteroatoms. The van der Waals surface area contributed by atoms with E-state index < -0.39 is 7.60 Å². The van der Waals surface area contributed by atoms with Crippen molar-refractivity contribution in [1.29, 1.82) is 0 Å². The fourth-order valence-corrected chi connectivity index (χ4v) is 1.20. The molecule has 11 heavy (non-hydrogen) atoms. The van der Waals surface area contributed by atoms with Crippen LogP contribution < -0.4 is 59.1 Å². The van der Waals surface area contributed by atoms with Crippen molar-refractivity contribution in [2.75, 3.05) is 6.16 Å². The second kappa shape index (κ2) is 10.2. The number of hydrogen-bond acceptors (Lipinski definition) is 1. The molecule has 0 saturated carbocycles. The Morgan fingerprint density at radius 3 is 2.00 bits per heavy atom. The minimum absolute atomic E-state index is 0. The third-order valence-corrected chi connectivity index (χ3v) is 1.95. The molecule has 0 aliphatic heterocycles. The molecule has 0 saturated heterocycles. The average Bonchev–Trinajstić information content (AvgIpc) is 1.63. The molecule has 0 aliphatic rings. The van der Waals surface area contributed by atoms with Crippen molar-refractivity contribution in [3.05, 3.63) is 0 Å². The van der Waals surface area contributed by atoms with Gasteiger partial charge in [0.2, 0.25) is 0 Å². The molecule has 0 aromatic rings. The molecule has 0 aromatic heterocycles. The first-order chi connectivity index (χ1) is 4.06. The van der Waals surface area contributed by atoms with Crippen LogP contribution in [-0.4, -0.2) is 15.9 Å². The van der Waals surface area contributed by atoms with E-state index in [0.29, 0.717) is 6.42 Å². The third-order valence-electron chi connectivity index (χ3n) is 1.05. The maximum Gasteiger partial charge on any atom is 1.00 e.